The first-order chi connectivity index (χ1) is 7.81. The number of para-hydroxylation sites is 2. The van der Waals surface area contributed by atoms with Crippen LogP contribution in [-0.4, -0.2) is 24.4 Å². The van der Waals surface area contributed by atoms with Gasteiger partial charge in [-0.15, -0.1) is 0 Å². The fourth-order valence-electron chi connectivity index (χ4n) is 2.09. The summed E-state index contributed by atoms with van der Waals surface area (Å²) in [6.07, 6.45) is 3.52. The summed E-state index contributed by atoms with van der Waals surface area (Å²) in [5.41, 5.74) is 0. The molecule has 0 aliphatic heterocycles. The highest BCUT2D eigenvalue weighted by atomic mass is 16.5. The van der Waals surface area contributed by atoms with Crippen molar-refractivity contribution < 1.29 is 14.6 Å². The van der Waals surface area contributed by atoms with Crippen LogP contribution in [0, 0.1) is 0 Å². The minimum Gasteiger partial charge on any atom is -0.493 e. The van der Waals surface area contributed by atoms with E-state index in [2.05, 4.69) is 0 Å². The van der Waals surface area contributed by atoms with Crippen molar-refractivity contribution in [1.29, 1.82) is 0 Å². The molecule has 0 aromatic heterocycles. The van der Waals surface area contributed by atoms with Gasteiger partial charge in [-0.2, -0.15) is 0 Å². The molecule has 0 amide bonds. The van der Waals surface area contributed by atoms with E-state index in [-0.39, 0.29) is 12.2 Å². The molecule has 1 aliphatic carbocycles. The van der Waals surface area contributed by atoms with Crippen LogP contribution in [0.2, 0.25) is 0 Å². The zero-order valence-corrected chi connectivity index (χ0v) is 9.56. The van der Waals surface area contributed by atoms with Crippen molar-refractivity contribution in [1.82, 2.24) is 0 Å². The van der Waals surface area contributed by atoms with Crippen molar-refractivity contribution in [3.8, 4) is 11.5 Å². The predicted octanol–water partition coefficient (Wildman–Crippen LogP) is 2.38. The molecule has 88 valence electrons. The number of aliphatic hydroxyl groups is 1. The van der Waals surface area contributed by atoms with E-state index in [0.29, 0.717) is 0 Å². The lowest BCUT2D eigenvalue weighted by molar-refractivity contribution is 0.00568. The van der Waals surface area contributed by atoms with Gasteiger partial charge in [0.05, 0.1) is 13.2 Å². The monoisotopic (exact) mass is 222 g/mol. The molecule has 3 heteroatoms. The van der Waals surface area contributed by atoms with Crippen molar-refractivity contribution >= 4 is 0 Å². The molecule has 1 aromatic carbocycles. The highest BCUT2D eigenvalue weighted by molar-refractivity contribution is 5.39. The SMILES string of the molecule is COc1ccccc1OC1CCCCC1O. The number of rotatable bonds is 3. The van der Waals surface area contributed by atoms with Crippen molar-refractivity contribution in [2.45, 2.75) is 37.9 Å². The van der Waals surface area contributed by atoms with Gasteiger partial charge in [0, 0.05) is 0 Å². The molecule has 2 unspecified atom stereocenters. The number of aliphatic hydroxyl groups excluding tert-OH is 1. The standard InChI is InChI=1S/C13H18O3/c1-15-12-8-4-5-9-13(12)16-11-7-3-2-6-10(11)14/h4-5,8-11,14H,2-3,6-7H2,1H3. The highest BCUT2D eigenvalue weighted by Gasteiger charge is 2.25. The molecule has 1 aromatic rings. The first kappa shape index (κ1) is 11.3. The highest BCUT2D eigenvalue weighted by Crippen LogP contribution is 2.30. The Morgan fingerprint density at radius 3 is 2.50 bits per heavy atom. The van der Waals surface area contributed by atoms with Crippen LogP contribution in [0.25, 0.3) is 0 Å². The number of hydrogen-bond acceptors (Lipinski definition) is 3. The lowest BCUT2D eigenvalue weighted by Crippen LogP contribution is -2.34. The average molecular weight is 222 g/mol. The van der Waals surface area contributed by atoms with E-state index in [0.717, 1.165) is 37.2 Å². The number of benzene rings is 1. The predicted molar refractivity (Wildman–Crippen MR) is 61.9 cm³/mol. The molecule has 0 heterocycles. The van der Waals surface area contributed by atoms with Crippen molar-refractivity contribution in [3.05, 3.63) is 24.3 Å². The molecule has 0 bridgehead atoms. The van der Waals surface area contributed by atoms with Crippen LogP contribution >= 0.6 is 0 Å². The quantitative estimate of drug-likeness (QED) is 0.853. The largest absolute Gasteiger partial charge is 0.493 e. The second-order valence-corrected chi connectivity index (χ2v) is 4.16. The van der Waals surface area contributed by atoms with Crippen molar-refractivity contribution in [3.63, 3.8) is 0 Å². The molecule has 2 rings (SSSR count). The Hall–Kier alpha value is -1.22. The van der Waals surface area contributed by atoms with Gasteiger partial charge < -0.3 is 14.6 Å². The van der Waals surface area contributed by atoms with E-state index < -0.39 is 0 Å². The van der Waals surface area contributed by atoms with Crippen LogP contribution < -0.4 is 9.47 Å². The van der Waals surface area contributed by atoms with Gasteiger partial charge in [0.2, 0.25) is 0 Å². The van der Waals surface area contributed by atoms with Gasteiger partial charge in [0.15, 0.2) is 11.5 Å². The first-order valence-corrected chi connectivity index (χ1v) is 5.79. The zero-order chi connectivity index (χ0) is 11.4. The first-order valence-electron chi connectivity index (χ1n) is 5.79. The molecule has 16 heavy (non-hydrogen) atoms. The molecule has 3 nitrogen and oxygen atoms in total. The minimum atomic E-state index is -0.348. The van der Waals surface area contributed by atoms with E-state index in [1.165, 1.54) is 0 Å². The Morgan fingerprint density at radius 1 is 1.12 bits per heavy atom. The Kier molecular flexibility index (Phi) is 3.67. The molecule has 1 fully saturated rings. The number of hydrogen-bond donors (Lipinski definition) is 1. The lowest BCUT2D eigenvalue weighted by atomic mass is 9.95. The van der Waals surface area contributed by atoms with Crippen molar-refractivity contribution in [2.24, 2.45) is 0 Å². The fourth-order valence-corrected chi connectivity index (χ4v) is 2.09. The molecular weight excluding hydrogens is 204 g/mol. The topological polar surface area (TPSA) is 38.7 Å². The van der Waals surface area contributed by atoms with Gasteiger partial charge in [0.1, 0.15) is 6.10 Å². The smallest absolute Gasteiger partial charge is 0.161 e. The third kappa shape index (κ3) is 2.47. The zero-order valence-electron chi connectivity index (χ0n) is 9.56. The van der Waals surface area contributed by atoms with E-state index in [1.54, 1.807) is 7.11 Å². The number of ether oxygens (including phenoxy) is 2. The summed E-state index contributed by atoms with van der Waals surface area (Å²) in [6.45, 7) is 0. The Morgan fingerprint density at radius 2 is 1.81 bits per heavy atom. The van der Waals surface area contributed by atoms with E-state index >= 15 is 0 Å². The maximum atomic E-state index is 9.83. The second kappa shape index (κ2) is 5.21. The normalized spacial score (nSPS) is 25.1. The van der Waals surface area contributed by atoms with Crippen LogP contribution in [0.4, 0.5) is 0 Å². The third-order valence-electron chi connectivity index (χ3n) is 3.02. The van der Waals surface area contributed by atoms with Gasteiger partial charge in [-0.25, -0.2) is 0 Å². The van der Waals surface area contributed by atoms with Crippen LogP contribution in [0.1, 0.15) is 25.7 Å². The van der Waals surface area contributed by atoms with Crippen LogP contribution in [-0.2, 0) is 0 Å². The summed E-state index contributed by atoms with van der Waals surface area (Å²) in [5.74, 6) is 1.44. The minimum absolute atomic E-state index is 0.0925. The summed E-state index contributed by atoms with van der Waals surface area (Å²) in [6, 6.07) is 7.56. The summed E-state index contributed by atoms with van der Waals surface area (Å²) >= 11 is 0. The number of methoxy groups -OCH3 is 1. The second-order valence-electron chi connectivity index (χ2n) is 4.16. The molecule has 0 spiro atoms. The fraction of sp³-hybridized carbons (Fsp3) is 0.538. The molecular formula is C13H18O3. The van der Waals surface area contributed by atoms with Crippen LogP contribution in [0.3, 0.4) is 0 Å². The average Bonchev–Trinajstić information content (AvgIpc) is 2.33. The summed E-state index contributed by atoms with van der Waals surface area (Å²) in [4.78, 5) is 0. The Labute approximate surface area is 96.0 Å². The van der Waals surface area contributed by atoms with Gasteiger partial charge in [0.25, 0.3) is 0 Å². The van der Waals surface area contributed by atoms with Gasteiger partial charge in [-0.05, 0) is 31.4 Å². The third-order valence-corrected chi connectivity index (χ3v) is 3.02. The molecule has 2 atom stereocenters. The van der Waals surface area contributed by atoms with Gasteiger partial charge in [-0.3, -0.25) is 0 Å². The summed E-state index contributed by atoms with van der Waals surface area (Å²) in [5, 5.41) is 9.83. The lowest BCUT2D eigenvalue weighted by Gasteiger charge is -2.28. The molecule has 1 saturated carbocycles. The maximum absolute atomic E-state index is 9.83. The van der Waals surface area contributed by atoms with E-state index in [1.807, 2.05) is 24.3 Å². The molecule has 1 aliphatic rings. The molecule has 0 saturated heterocycles. The summed E-state index contributed by atoms with van der Waals surface area (Å²) < 4.78 is 11.0. The van der Waals surface area contributed by atoms with Gasteiger partial charge >= 0.3 is 0 Å². The van der Waals surface area contributed by atoms with E-state index in [4.69, 9.17) is 9.47 Å². The Bertz CT molecular complexity index is 338. The summed E-state index contributed by atoms with van der Waals surface area (Å²) in [7, 11) is 1.62. The molecule has 0 radical (unpaired) electrons. The maximum Gasteiger partial charge on any atom is 0.161 e. The van der Waals surface area contributed by atoms with Crippen molar-refractivity contribution in [2.75, 3.05) is 7.11 Å². The van der Waals surface area contributed by atoms with E-state index in [9.17, 15) is 5.11 Å². The van der Waals surface area contributed by atoms with Crippen LogP contribution in [0.15, 0.2) is 24.3 Å². The van der Waals surface area contributed by atoms with Crippen LogP contribution in [0.5, 0.6) is 11.5 Å². The van der Waals surface area contributed by atoms with Gasteiger partial charge in [-0.1, -0.05) is 18.6 Å². The Balaban J connectivity index is 2.07. The molecule has 1 N–H and O–H groups in total.